The van der Waals surface area contributed by atoms with Gasteiger partial charge in [0.25, 0.3) is 0 Å². The summed E-state index contributed by atoms with van der Waals surface area (Å²) in [6, 6.07) is 10.1. The SMILES string of the molecule is Cc1cccc(F)c1Nc1ccc(C#N)nc1. The molecule has 0 bridgehead atoms. The first-order valence-corrected chi connectivity index (χ1v) is 5.09. The number of aromatic nitrogens is 1. The predicted octanol–water partition coefficient (Wildman–Crippen LogP) is 3.14. The van der Waals surface area contributed by atoms with Gasteiger partial charge in [-0.25, -0.2) is 9.37 Å². The molecule has 0 fully saturated rings. The van der Waals surface area contributed by atoms with Gasteiger partial charge in [0.2, 0.25) is 0 Å². The van der Waals surface area contributed by atoms with E-state index in [2.05, 4.69) is 10.3 Å². The van der Waals surface area contributed by atoms with E-state index < -0.39 is 0 Å². The zero-order valence-corrected chi connectivity index (χ0v) is 9.24. The van der Waals surface area contributed by atoms with Gasteiger partial charge in [0.05, 0.1) is 17.6 Å². The molecule has 0 aliphatic carbocycles. The molecule has 0 aliphatic rings. The zero-order valence-electron chi connectivity index (χ0n) is 9.24. The minimum absolute atomic E-state index is 0.311. The summed E-state index contributed by atoms with van der Waals surface area (Å²) in [4.78, 5) is 3.91. The Bertz CT molecular complexity index is 550. The molecule has 0 atom stereocenters. The third-order valence-electron chi connectivity index (χ3n) is 2.37. The van der Waals surface area contributed by atoms with Crippen LogP contribution in [0.1, 0.15) is 11.3 Å². The van der Waals surface area contributed by atoms with Crippen LogP contribution >= 0.6 is 0 Å². The van der Waals surface area contributed by atoms with Crippen LogP contribution in [-0.4, -0.2) is 4.98 Å². The number of pyridine rings is 1. The second-order valence-electron chi connectivity index (χ2n) is 3.60. The van der Waals surface area contributed by atoms with Crippen LogP contribution in [0.25, 0.3) is 0 Å². The molecular weight excluding hydrogens is 217 g/mol. The molecule has 2 rings (SSSR count). The van der Waals surface area contributed by atoms with Crippen molar-refractivity contribution in [3.05, 3.63) is 53.6 Å². The van der Waals surface area contributed by atoms with Crippen LogP contribution in [0.3, 0.4) is 0 Å². The molecule has 0 saturated carbocycles. The normalized spacial score (nSPS) is 9.71. The summed E-state index contributed by atoms with van der Waals surface area (Å²) in [5, 5.41) is 11.6. The van der Waals surface area contributed by atoms with Gasteiger partial charge in [-0.15, -0.1) is 0 Å². The summed E-state index contributed by atoms with van der Waals surface area (Å²) >= 11 is 0. The monoisotopic (exact) mass is 227 g/mol. The molecule has 1 aromatic heterocycles. The lowest BCUT2D eigenvalue weighted by molar-refractivity contribution is 0.631. The van der Waals surface area contributed by atoms with E-state index in [1.165, 1.54) is 12.3 Å². The third kappa shape index (κ3) is 2.40. The summed E-state index contributed by atoms with van der Waals surface area (Å²) in [5.41, 5.74) is 2.23. The van der Waals surface area contributed by atoms with Crippen LogP contribution in [-0.2, 0) is 0 Å². The number of nitrogens with zero attached hydrogens (tertiary/aromatic N) is 2. The molecule has 0 spiro atoms. The fourth-order valence-electron chi connectivity index (χ4n) is 1.47. The van der Waals surface area contributed by atoms with Crippen LogP contribution in [0.5, 0.6) is 0 Å². The Hall–Kier alpha value is -2.41. The highest BCUT2D eigenvalue weighted by Crippen LogP contribution is 2.23. The minimum atomic E-state index is -0.311. The van der Waals surface area contributed by atoms with Crippen molar-refractivity contribution in [1.29, 1.82) is 5.26 Å². The molecule has 3 nitrogen and oxygen atoms in total. The number of halogens is 1. The number of anilines is 2. The molecule has 0 amide bonds. The molecular formula is C13H10FN3. The van der Waals surface area contributed by atoms with Crippen LogP contribution < -0.4 is 5.32 Å². The second kappa shape index (κ2) is 4.62. The number of nitrogens with one attached hydrogen (secondary N) is 1. The van der Waals surface area contributed by atoms with Gasteiger partial charge in [-0.05, 0) is 30.7 Å². The standard InChI is InChI=1S/C13H10FN3/c1-9-3-2-4-12(14)13(9)17-11-6-5-10(7-15)16-8-11/h2-6,8,17H,1H3. The first-order chi connectivity index (χ1) is 8.20. The lowest BCUT2D eigenvalue weighted by Gasteiger charge is -2.09. The topological polar surface area (TPSA) is 48.7 Å². The van der Waals surface area contributed by atoms with Gasteiger partial charge in [-0.3, -0.25) is 0 Å². The fraction of sp³-hybridized carbons (Fsp3) is 0.0769. The lowest BCUT2D eigenvalue weighted by atomic mass is 10.2. The molecule has 1 heterocycles. The summed E-state index contributed by atoms with van der Waals surface area (Å²) in [6.07, 6.45) is 1.50. The van der Waals surface area contributed by atoms with Crippen molar-refractivity contribution in [3.8, 4) is 6.07 Å². The fourth-order valence-corrected chi connectivity index (χ4v) is 1.47. The predicted molar refractivity (Wildman–Crippen MR) is 63.4 cm³/mol. The smallest absolute Gasteiger partial charge is 0.146 e. The van der Waals surface area contributed by atoms with E-state index in [9.17, 15) is 4.39 Å². The Kier molecular flexibility index (Phi) is 3.01. The van der Waals surface area contributed by atoms with Crippen molar-refractivity contribution in [2.75, 3.05) is 5.32 Å². The number of para-hydroxylation sites is 1. The zero-order chi connectivity index (χ0) is 12.3. The highest BCUT2D eigenvalue weighted by atomic mass is 19.1. The van der Waals surface area contributed by atoms with Crippen LogP contribution in [0.15, 0.2) is 36.5 Å². The number of aryl methyl sites for hydroxylation is 1. The number of rotatable bonds is 2. The minimum Gasteiger partial charge on any atom is -0.352 e. The largest absolute Gasteiger partial charge is 0.352 e. The van der Waals surface area contributed by atoms with Gasteiger partial charge in [-0.2, -0.15) is 5.26 Å². The average Bonchev–Trinajstić information content (AvgIpc) is 2.35. The van der Waals surface area contributed by atoms with E-state index in [0.717, 1.165) is 5.56 Å². The maximum Gasteiger partial charge on any atom is 0.146 e. The van der Waals surface area contributed by atoms with Crippen molar-refractivity contribution in [2.24, 2.45) is 0 Å². The summed E-state index contributed by atoms with van der Waals surface area (Å²) in [5.74, 6) is -0.311. The van der Waals surface area contributed by atoms with Crippen molar-refractivity contribution in [1.82, 2.24) is 4.98 Å². The maximum atomic E-state index is 13.5. The van der Waals surface area contributed by atoms with Gasteiger partial charge in [0.1, 0.15) is 17.6 Å². The van der Waals surface area contributed by atoms with Crippen LogP contribution in [0.2, 0.25) is 0 Å². The van der Waals surface area contributed by atoms with E-state index in [-0.39, 0.29) is 5.82 Å². The van der Waals surface area contributed by atoms with Gasteiger partial charge >= 0.3 is 0 Å². The first kappa shape index (κ1) is 11.1. The Morgan fingerprint density at radius 2 is 2.12 bits per heavy atom. The molecule has 2 aromatic rings. The van der Waals surface area contributed by atoms with E-state index in [0.29, 0.717) is 17.1 Å². The molecule has 17 heavy (non-hydrogen) atoms. The van der Waals surface area contributed by atoms with Gasteiger partial charge in [0.15, 0.2) is 0 Å². The maximum absolute atomic E-state index is 13.5. The van der Waals surface area contributed by atoms with Gasteiger partial charge in [0, 0.05) is 0 Å². The number of hydrogen-bond donors (Lipinski definition) is 1. The van der Waals surface area contributed by atoms with Crippen molar-refractivity contribution in [2.45, 2.75) is 6.92 Å². The Morgan fingerprint density at radius 1 is 1.29 bits per heavy atom. The van der Waals surface area contributed by atoms with Crippen LogP contribution in [0.4, 0.5) is 15.8 Å². The van der Waals surface area contributed by atoms with Crippen LogP contribution in [0, 0.1) is 24.1 Å². The molecule has 4 heteroatoms. The number of nitriles is 1. The second-order valence-corrected chi connectivity index (χ2v) is 3.60. The average molecular weight is 227 g/mol. The Balaban J connectivity index is 2.29. The number of benzene rings is 1. The highest BCUT2D eigenvalue weighted by Gasteiger charge is 2.05. The van der Waals surface area contributed by atoms with E-state index in [4.69, 9.17) is 5.26 Å². The van der Waals surface area contributed by atoms with Crippen molar-refractivity contribution in [3.63, 3.8) is 0 Å². The molecule has 1 aromatic carbocycles. The van der Waals surface area contributed by atoms with Gasteiger partial charge in [-0.1, -0.05) is 12.1 Å². The highest BCUT2D eigenvalue weighted by molar-refractivity contribution is 5.63. The summed E-state index contributed by atoms with van der Waals surface area (Å²) < 4.78 is 13.5. The molecule has 84 valence electrons. The summed E-state index contributed by atoms with van der Waals surface area (Å²) in [7, 11) is 0. The third-order valence-corrected chi connectivity index (χ3v) is 2.37. The van der Waals surface area contributed by atoms with Crippen molar-refractivity contribution < 1.29 is 4.39 Å². The van der Waals surface area contributed by atoms with E-state index in [1.54, 1.807) is 18.2 Å². The van der Waals surface area contributed by atoms with E-state index in [1.807, 2.05) is 19.1 Å². The quantitative estimate of drug-likeness (QED) is 0.857. The van der Waals surface area contributed by atoms with Crippen molar-refractivity contribution >= 4 is 11.4 Å². The molecule has 1 N–H and O–H groups in total. The Labute approximate surface area is 98.5 Å². The molecule has 0 unspecified atom stereocenters. The lowest BCUT2D eigenvalue weighted by Crippen LogP contribution is -1.97. The summed E-state index contributed by atoms with van der Waals surface area (Å²) in [6.45, 7) is 1.82. The molecule has 0 saturated heterocycles. The first-order valence-electron chi connectivity index (χ1n) is 5.09. The molecule has 0 aliphatic heterocycles. The van der Waals surface area contributed by atoms with E-state index >= 15 is 0 Å². The number of hydrogen-bond acceptors (Lipinski definition) is 3. The molecule has 0 radical (unpaired) electrons. The Morgan fingerprint density at radius 3 is 2.71 bits per heavy atom. The van der Waals surface area contributed by atoms with Gasteiger partial charge < -0.3 is 5.32 Å².